The number of carbonyl (C=O) groups is 1. The molecule has 1 amide bonds. The Morgan fingerprint density at radius 1 is 1.17 bits per heavy atom. The van der Waals surface area contributed by atoms with Crippen molar-refractivity contribution in [1.29, 1.82) is 0 Å². The first-order chi connectivity index (χ1) is 14.2. The summed E-state index contributed by atoms with van der Waals surface area (Å²) in [6.45, 7) is 7.35. The lowest BCUT2D eigenvalue weighted by Crippen LogP contribution is -2.65. The second-order valence-corrected chi connectivity index (χ2v) is 10.0. The zero-order valence-corrected chi connectivity index (χ0v) is 18.3. The maximum Gasteiger partial charge on any atom is 0.260 e. The van der Waals surface area contributed by atoms with Crippen molar-refractivity contribution in [3.05, 3.63) is 30.3 Å². The van der Waals surface area contributed by atoms with E-state index < -0.39 is 11.7 Å². The van der Waals surface area contributed by atoms with Gasteiger partial charge in [0.25, 0.3) is 5.91 Å². The lowest BCUT2D eigenvalue weighted by Gasteiger charge is -2.58. The number of para-hydroxylation sites is 1. The molecule has 2 bridgehead atoms. The Labute approximate surface area is 179 Å². The van der Waals surface area contributed by atoms with Gasteiger partial charge in [-0.1, -0.05) is 18.2 Å². The fourth-order valence-corrected chi connectivity index (χ4v) is 5.62. The van der Waals surface area contributed by atoms with Crippen LogP contribution >= 0.6 is 0 Å². The van der Waals surface area contributed by atoms with E-state index in [1.807, 2.05) is 35.2 Å². The van der Waals surface area contributed by atoms with Crippen LogP contribution in [0, 0.1) is 17.8 Å². The molecule has 1 aliphatic carbocycles. The van der Waals surface area contributed by atoms with E-state index in [1.54, 1.807) is 6.92 Å². The number of carbonyl (C=O) groups excluding carboxylic acids is 1. The Kier molecular flexibility index (Phi) is 5.86. The Balaban J connectivity index is 1.36. The number of hydrogen-bond donors (Lipinski definition) is 2. The van der Waals surface area contributed by atoms with Crippen LogP contribution in [0.5, 0.6) is 5.75 Å². The number of likely N-dealkylation sites (tertiary alicyclic amines) is 1. The normalized spacial score (nSPS) is 36.4. The number of aliphatic hydroxyl groups excluding tert-OH is 1. The second-order valence-electron chi connectivity index (χ2n) is 10.0. The summed E-state index contributed by atoms with van der Waals surface area (Å²) in [4.78, 5) is 14.4. The number of fused-ring (bicyclic) bond motifs is 2. The van der Waals surface area contributed by atoms with Gasteiger partial charge in [-0.25, -0.2) is 0 Å². The van der Waals surface area contributed by atoms with Crippen LogP contribution in [-0.2, 0) is 9.53 Å². The molecule has 0 aromatic heterocycles. The monoisotopic (exact) mass is 417 g/mol. The molecule has 2 N–H and O–H groups in total. The van der Waals surface area contributed by atoms with Gasteiger partial charge in [0, 0.05) is 19.0 Å². The maximum atomic E-state index is 12.6. The minimum atomic E-state index is -1.13. The molecule has 2 heterocycles. The average Bonchev–Trinajstić information content (AvgIpc) is 2.73. The molecule has 2 unspecified atom stereocenters. The van der Waals surface area contributed by atoms with Crippen LogP contribution in [0.2, 0.25) is 0 Å². The highest BCUT2D eigenvalue weighted by molar-refractivity contribution is 5.77. The van der Waals surface area contributed by atoms with E-state index in [0.717, 1.165) is 19.3 Å². The molecule has 6 nitrogen and oxygen atoms in total. The van der Waals surface area contributed by atoms with Gasteiger partial charge in [-0.05, 0) is 70.4 Å². The average molecular weight is 418 g/mol. The summed E-state index contributed by atoms with van der Waals surface area (Å²) >= 11 is 0. The Hall–Kier alpha value is -1.63. The van der Waals surface area contributed by atoms with Crippen LogP contribution in [-0.4, -0.2) is 64.1 Å². The van der Waals surface area contributed by atoms with Crippen molar-refractivity contribution < 1.29 is 24.5 Å². The molecule has 0 radical (unpaired) electrons. The number of hydrogen-bond acceptors (Lipinski definition) is 5. The van der Waals surface area contributed by atoms with Crippen LogP contribution < -0.4 is 4.74 Å². The van der Waals surface area contributed by atoms with Crippen molar-refractivity contribution in [2.75, 3.05) is 19.7 Å². The number of ether oxygens (including phenoxy) is 2. The molecule has 166 valence electrons. The van der Waals surface area contributed by atoms with Gasteiger partial charge in [0.15, 0.2) is 6.61 Å². The summed E-state index contributed by atoms with van der Waals surface area (Å²) in [5.41, 5.74) is -1.44. The van der Waals surface area contributed by atoms with Crippen molar-refractivity contribution in [2.24, 2.45) is 17.8 Å². The zero-order chi connectivity index (χ0) is 21.5. The van der Waals surface area contributed by atoms with Crippen LogP contribution in [0.1, 0.15) is 46.5 Å². The first-order valence-electron chi connectivity index (χ1n) is 11.2. The number of rotatable bonds is 4. The van der Waals surface area contributed by atoms with Crippen LogP contribution in [0.3, 0.4) is 0 Å². The van der Waals surface area contributed by atoms with E-state index in [0.29, 0.717) is 25.3 Å². The van der Waals surface area contributed by atoms with Gasteiger partial charge < -0.3 is 24.6 Å². The van der Waals surface area contributed by atoms with Gasteiger partial charge in [-0.2, -0.15) is 0 Å². The van der Waals surface area contributed by atoms with Crippen LogP contribution in [0.15, 0.2) is 30.3 Å². The predicted molar refractivity (Wildman–Crippen MR) is 113 cm³/mol. The number of nitrogens with zero attached hydrogens (tertiary/aromatic N) is 1. The molecule has 1 aromatic carbocycles. The first-order valence-corrected chi connectivity index (χ1v) is 11.2. The minimum absolute atomic E-state index is 0.00217. The maximum absolute atomic E-state index is 12.6. The Bertz CT molecular complexity index is 741. The highest BCUT2D eigenvalue weighted by atomic mass is 16.5. The molecule has 1 saturated carbocycles. The summed E-state index contributed by atoms with van der Waals surface area (Å²) in [6.07, 6.45) is 2.32. The molecule has 1 aromatic rings. The van der Waals surface area contributed by atoms with Gasteiger partial charge >= 0.3 is 0 Å². The van der Waals surface area contributed by atoms with Gasteiger partial charge in [-0.3, -0.25) is 4.79 Å². The van der Waals surface area contributed by atoms with Crippen molar-refractivity contribution in [3.8, 4) is 5.75 Å². The standard InChI is InChI=1S/C24H35NO5/c1-23(2)17-13-19(24(3,28)20(26)14-17)22(30-23)16-9-11-25(12-10-16)21(27)15-29-18-7-5-4-6-8-18/h4-8,16-17,19-20,22,26,28H,9-15H2,1-3H3/t17?,19?,20-,22-,24-/m0/s1. The first kappa shape index (κ1) is 21.6. The summed E-state index contributed by atoms with van der Waals surface area (Å²) in [5.74, 6) is 1.15. The highest BCUT2D eigenvalue weighted by Crippen LogP contribution is 2.52. The van der Waals surface area contributed by atoms with Gasteiger partial charge in [0.05, 0.1) is 23.4 Å². The SMILES string of the molecule is CC1(C)O[C@@H](C2CCN(C(=O)COc3ccccc3)CC2)C2CC1C[C@H](O)[C@@]2(C)O. The van der Waals surface area contributed by atoms with Gasteiger partial charge in [0.2, 0.25) is 0 Å². The van der Waals surface area contributed by atoms with E-state index in [9.17, 15) is 15.0 Å². The third kappa shape index (κ3) is 4.10. The summed E-state index contributed by atoms with van der Waals surface area (Å²) in [5, 5.41) is 21.6. The van der Waals surface area contributed by atoms with Crippen molar-refractivity contribution in [3.63, 3.8) is 0 Å². The van der Waals surface area contributed by atoms with Crippen LogP contribution in [0.25, 0.3) is 0 Å². The molecule has 2 saturated heterocycles. The highest BCUT2D eigenvalue weighted by Gasteiger charge is 2.57. The molecule has 30 heavy (non-hydrogen) atoms. The summed E-state index contributed by atoms with van der Waals surface area (Å²) in [6, 6.07) is 9.38. The van der Waals surface area contributed by atoms with Crippen molar-refractivity contribution in [1.82, 2.24) is 4.90 Å². The molecule has 4 rings (SSSR count). The third-order valence-corrected chi connectivity index (χ3v) is 7.75. The largest absolute Gasteiger partial charge is 0.484 e. The number of benzene rings is 1. The molecule has 3 fully saturated rings. The van der Waals surface area contributed by atoms with E-state index in [1.165, 1.54) is 0 Å². The summed E-state index contributed by atoms with van der Waals surface area (Å²) in [7, 11) is 0. The number of aliphatic hydroxyl groups is 2. The molecule has 6 heteroatoms. The molecular weight excluding hydrogens is 382 g/mol. The molecule has 0 spiro atoms. The van der Waals surface area contributed by atoms with Gasteiger partial charge in [-0.15, -0.1) is 0 Å². The lowest BCUT2D eigenvalue weighted by molar-refractivity contribution is -0.271. The minimum Gasteiger partial charge on any atom is -0.484 e. The Morgan fingerprint density at radius 2 is 1.83 bits per heavy atom. The van der Waals surface area contributed by atoms with E-state index in [2.05, 4.69) is 13.8 Å². The molecular formula is C24H35NO5. The fraction of sp³-hybridized carbons (Fsp3) is 0.708. The van der Waals surface area contributed by atoms with E-state index in [-0.39, 0.29) is 42.0 Å². The van der Waals surface area contributed by atoms with Gasteiger partial charge in [0.1, 0.15) is 5.75 Å². The Morgan fingerprint density at radius 3 is 2.50 bits per heavy atom. The second kappa shape index (κ2) is 8.13. The quantitative estimate of drug-likeness (QED) is 0.787. The smallest absolute Gasteiger partial charge is 0.260 e. The molecule has 5 atom stereocenters. The number of piperidine rings is 1. The number of amides is 1. The lowest BCUT2D eigenvalue weighted by atomic mass is 9.60. The van der Waals surface area contributed by atoms with E-state index >= 15 is 0 Å². The zero-order valence-electron chi connectivity index (χ0n) is 18.3. The van der Waals surface area contributed by atoms with Crippen LogP contribution in [0.4, 0.5) is 0 Å². The molecule has 2 aliphatic heterocycles. The predicted octanol–water partition coefficient (Wildman–Crippen LogP) is 2.62. The third-order valence-electron chi connectivity index (χ3n) is 7.75. The van der Waals surface area contributed by atoms with E-state index in [4.69, 9.17) is 9.47 Å². The van der Waals surface area contributed by atoms with Crippen molar-refractivity contribution in [2.45, 2.75) is 69.9 Å². The molecule has 3 aliphatic rings. The topological polar surface area (TPSA) is 79.2 Å². The fourth-order valence-electron chi connectivity index (χ4n) is 5.62. The van der Waals surface area contributed by atoms with Crippen molar-refractivity contribution >= 4 is 5.91 Å². The summed E-state index contributed by atoms with van der Waals surface area (Å²) < 4.78 is 12.2.